The van der Waals surface area contributed by atoms with Crippen LogP contribution in [0.1, 0.15) is 11.1 Å². The highest BCUT2D eigenvalue weighted by Gasteiger charge is 2.14. The van der Waals surface area contributed by atoms with Crippen molar-refractivity contribution in [1.29, 1.82) is 0 Å². The van der Waals surface area contributed by atoms with Crippen LogP contribution in [0.15, 0.2) is 23.2 Å². The second-order valence-corrected chi connectivity index (χ2v) is 5.32. The minimum Gasteiger partial charge on any atom is -0.370 e. The molecule has 1 aliphatic rings. The molecule has 1 aliphatic heterocycles. The number of anilines is 1. The maximum Gasteiger partial charge on any atom is 0.234 e. The summed E-state index contributed by atoms with van der Waals surface area (Å²) in [4.78, 5) is 17.6. The Kier molecular flexibility index (Phi) is 5.16. The van der Waals surface area contributed by atoms with Crippen LogP contribution < -0.4 is 16.4 Å². The van der Waals surface area contributed by atoms with Crippen LogP contribution in [0, 0.1) is 13.8 Å². The van der Waals surface area contributed by atoms with Gasteiger partial charge in [0.05, 0.1) is 13.1 Å². The molecule has 21 heavy (non-hydrogen) atoms. The number of guanidine groups is 1. The number of carbonyl (C=O) groups is 1. The Bertz CT molecular complexity index is 541. The van der Waals surface area contributed by atoms with Gasteiger partial charge in [0.1, 0.15) is 0 Å². The van der Waals surface area contributed by atoms with Gasteiger partial charge in [0, 0.05) is 25.3 Å². The molecule has 1 saturated heterocycles. The van der Waals surface area contributed by atoms with E-state index in [4.69, 9.17) is 5.73 Å². The molecule has 4 N–H and O–H groups in total. The minimum atomic E-state index is 0.0754. The summed E-state index contributed by atoms with van der Waals surface area (Å²) < 4.78 is 0. The van der Waals surface area contributed by atoms with Gasteiger partial charge in [-0.2, -0.15) is 0 Å². The summed E-state index contributed by atoms with van der Waals surface area (Å²) in [6.07, 6.45) is 0. The molecule has 1 amide bonds. The molecule has 2 rings (SSSR count). The average molecular weight is 289 g/mol. The number of nitrogens with zero attached hydrogens (tertiary/aromatic N) is 2. The number of amides is 1. The molecule has 0 unspecified atom stereocenters. The van der Waals surface area contributed by atoms with E-state index < -0.39 is 0 Å². The highest BCUT2D eigenvalue weighted by atomic mass is 16.2. The molecule has 0 radical (unpaired) electrons. The van der Waals surface area contributed by atoms with Gasteiger partial charge in [-0.05, 0) is 37.1 Å². The van der Waals surface area contributed by atoms with Crippen LogP contribution in [0.5, 0.6) is 0 Å². The lowest BCUT2D eigenvalue weighted by Crippen LogP contribution is -2.48. The number of hydrogen-bond donors (Lipinski definition) is 3. The Morgan fingerprint density at radius 3 is 2.95 bits per heavy atom. The molecule has 1 fully saturated rings. The zero-order chi connectivity index (χ0) is 15.2. The lowest BCUT2D eigenvalue weighted by atomic mass is 10.1. The maximum atomic E-state index is 11.2. The summed E-state index contributed by atoms with van der Waals surface area (Å²) in [7, 11) is 0. The molecule has 0 aliphatic carbocycles. The monoisotopic (exact) mass is 289 g/mol. The Morgan fingerprint density at radius 1 is 1.43 bits per heavy atom. The van der Waals surface area contributed by atoms with Gasteiger partial charge in [0.2, 0.25) is 5.91 Å². The first kappa shape index (κ1) is 15.3. The molecule has 6 heteroatoms. The van der Waals surface area contributed by atoms with Crippen molar-refractivity contribution in [2.75, 3.05) is 38.0 Å². The highest BCUT2D eigenvalue weighted by Crippen LogP contribution is 2.13. The number of aryl methyl sites for hydroxylation is 2. The van der Waals surface area contributed by atoms with Gasteiger partial charge in [0.25, 0.3) is 0 Å². The largest absolute Gasteiger partial charge is 0.370 e. The van der Waals surface area contributed by atoms with Crippen molar-refractivity contribution in [1.82, 2.24) is 10.2 Å². The molecule has 0 saturated carbocycles. The van der Waals surface area contributed by atoms with Crippen molar-refractivity contribution in [2.45, 2.75) is 13.8 Å². The molecule has 114 valence electrons. The van der Waals surface area contributed by atoms with E-state index in [0.29, 0.717) is 25.6 Å². The quantitative estimate of drug-likeness (QED) is 0.555. The van der Waals surface area contributed by atoms with Gasteiger partial charge in [-0.25, -0.2) is 0 Å². The average Bonchev–Trinajstić information content (AvgIpc) is 2.43. The third-order valence-electron chi connectivity index (χ3n) is 3.60. The Labute approximate surface area is 125 Å². The van der Waals surface area contributed by atoms with Crippen LogP contribution in [0.4, 0.5) is 5.69 Å². The smallest absolute Gasteiger partial charge is 0.234 e. The minimum absolute atomic E-state index is 0.0754. The normalized spacial score (nSPS) is 16.7. The van der Waals surface area contributed by atoms with E-state index in [2.05, 4.69) is 40.4 Å². The van der Waals surface area contributed by atoms with E-state index in [9.17, 15) is 4.79 Å². The second-order valence-electron chi connectivity index (χ2n) is 5.32. The van der Waals surface area contributed by atoms with Crippen molar-refractivity contribution >= 4 is 17.6 Å². The molecule has 0 spiro atoms. The number of benzene rings is 1. The summed E-state index contributed by atoms with van der Waals surface area (Å²) in [6.45, 7) is 7.48. The van der Waals surface area contributed by atoms with E-state index in [-0.39, 0.29) is 5.91 Å². The van der Waals surface area contributed by atoms with Crippen LogP contribution in [-0.2, 0) is 4.79 Å². The fourth-order valence-corrected chi connectivity index (χ4v) is 2.20. The number of nitrogens with one attached hydrogen (secondary N) is 2. The number of rotatable bonds is 4. The molecule has 1 aromatic rings. The molecule has 6 nitrogen and oxygen atoms in total. The fraction of sp³-hybridized carbons (Fsp3) is 0.467. The van der Waals surface area contributed by atoms with E-state index in [0.717, 1.165) is 18.8 Å². The van der Waals surface area contributed by atoms with Gasteiger partial charge >= 0.3 is 0 Å². The van der Waals surface area contributed by atoms with Crippen LogP contribution in [0.3, 0.4) is 0 Å². The highest BCUT2D eigenvalue weighted by molar-refractivity contribution is 5.92. The number of nitrogens with two attached hydrogens (primary N) is 1. The predicted octanol–water partition coefficient (Wildman–Crippen LogP) is 0.462. The van der Waals surface area contributed by atoms with Crippen molar-refractivity contribution in [3.8, 4) is 0 Å². The van der Waals surface area contributed by atoms with Gasteiger partial charge in [-0.3, -0.25) is 14.7 Å². The first-order valence-electron chi connectivity index (χ1n) is 7.18. The molecule has 1 aromatic carbocycles. The zero-order valence-electron chi connectivity index (χ0n) is 12.6. The van der Waals surface area contributed by atoms with Gasteiger partial charge < -0.3 is 16.4 Å². The SMILES string of the molecule is Cc1ccc(NC(N)=NCCN2CCNC(=O)C2)cc1C. The van der Waals surface area contributed by atoms with Crippen molar-refractivity contribution in [3.05, 3.63) is 29.3 Å². The maximum absolute atomic E-state index is 11.2. The Balaban J connectivity index is 1.80. The lowest BCUT2D eigenvalue weighted by Gasteiger charge is -2.25. The van der Waals surface area contributed by atoms with Crippen molar-refractivity contribution in [3.63, 3.8) is 0 Å². The van der Waals surface area contributed by atoms with Crippen LogP contribution in [0.2, 0.25) is 0 Å². The molecule has 0 atom stereocenters. The third kappa shape index (κ3) is 4.75. The topological polar surface area (TPSA) is 82.8 Å². The lowest BCUT2D eigenvalue weighted by molar-refractivity contribution is -0.124. The number of piperazine rings is 1. The fourth-order valence-electron chi connectivity index (χ4n) is 2.20. The summed E-state index contributed by atoms with van der Waals surface area (Å²) in [5.74, 6) is 0.478. The zero-order valence-corrected chi connectivity index (χ0v) is 12.6. The summed E-state index contributed by atoms with van der Waals surface area (Å²) >= 11 is 0. The van der Waals surface area contributed by atoms with Gasteiger partial charge in [-0.15, -0.1) is 0 Å². The van der Waals surface area contributed by atoms with Crippen molar-refractivity contribution in [2.24, 2.45) is 10.7 Å². The Morgan fingerprint density at radius 2 is 2.24 bits per heavy atom. The molecular formula is C15H23N5O. The van der Waals surface area contributed by atoms with E-state index in [1.807, 2.05) is 12.1 Å². The summed E-state index contributed by atoms with van der Waals surface area (Å²) in [5.41, 5.74) is 9.28. The molecule has 0 bridgehead atoms. The number of hydrogen-bond acceptors (Lipinski definition) is 3. The van der Waals surface area contributed by atoms with Gasteiger partial charge in [0.15, 0.2) is 5.96 Å². The van der Waals surface area contributed by atoms with Crippen LogP contribution >= 0.6 is 0 Å². The van der Waals surface area contributed by atoms with Gasteiger partial charge in [-0.1, -0.05) is 6.07 Å². The third-order valence-corrected chi connectivity index (χ3v) is 3.60. The number of carbonyl (C=O) groups excluding carboxylic acids is 1. The standard InChI is InChI=1S/C15H23N5O/c1-11-3-4-13(9-12(11)2)19-15(16)18-6-8-20-7-5-17-14(21)10-20/h3-4,9H,5-8,10H2,1-2H3,(H,17,21)(H3,16,18,19). The van der Waals surface area contributed by atoms with Crippen LogP contribution in [-0.4, -0.2) is 49.5 Å². The van der Waals surface area contributed by atoms with Crippen LogP contribution in [0.25, 0.3) is 0 Å². The number of aliphatic imine (C=N–C) groups is 1. The molecular weight excluding hydrogens is 266 g/mol. The predicted molar refractivity (Wildman–Crippen MR) is 85.5 cm³/mol. The van der Waals surface area contributed by atoms with E-state index >= 15 is 0 Å². The van der Waals surface area contributed by atoms with E-state index in [1.165, 1.54) is 11.1 Å². The van der Waals surface area contributed by atoms with Crippen molar-refractivity contribution < 1.29 is 4.79 Å². The van der Waals surface area contributed by atoms with E-state index in [1.54, 1.807) is 0 Å². The molecule has 0 aromatic heterocycles. The summed E-state index contributed by atoms with van der Waals surface area (Å²) in [6, 6.07) is 6.09. The second kappa shape index (κ2) is 7.08. The Hall–Kier alpha value is -2.08. The summed E-state index contributed by atoms with van der Waals surface area (Å²) in [5, 5.41) is 5.89. The first-order chi connectivity index (χ1) is 10.0. The molecule has 1 heterocycles. The first-order valence-corrected chi connectivity index (χ1v) is 7.18.